The van der Waals surface area contributed by atoms with Gasteiger partial charge >= 0.3 is 0 Å². The number of para-hydroxylation sites is 1. The van der Waals surface area contributed by atoms with Crippen LogP contribution < -0.4 is 20.1 Å². The number of piperazine rings is 1. The van der Waals surface area contributed by atoms with E-state index in [-0.39, 0.29) is 22.8 Å². The maximum atomic E-state index is 14.6. The number of methoxy groups -OCH3 is 1. The Labute approximate surface area is 266 Å². The third kappa shape index (κ3) is 6.23. The molecule has 0 bridgehead atoms. The topological polar surface area (TPSA) is 81.8 Å². The number of thiocarbonyl (C=S) groups is 1. The number of ether oxygens (including phenoxy) is 1. The summed E-state index contributed by atoms with van der Waals surface area (Å²) >= 11 is 6.83. The molecule has 0 aliphatic carbocycles. The van der Waals surface area contributed by atoms with E-state index in [0.717, 1.165) is 24.2 Å². The first-order chi connectivity index (χ1) is 21.3. The second kappa shape index (κ2) is 13.7. The van der Waals surface area contributed by atoms with E-state index < -0.39 is 0 Å². The molecule has 2 aliphatic heterocycles. The number of rotatable bonds is 9. The number of aromatic nitrogens is 1. The summed E-state index contributed by atoms with van der Waals surface area (Å²) in [5.41, 5.74) is 2.36. The number of unbranched alkanes of at least 4 members (excludes halogenated alkanes) is 1. The molecule has 2 fully saturated rings. The van der Waals surface area contributed by atoms with Crippen molar-refractivity contribution < 1.29 is 13.9 Å². The number of carbonyl (C=O) groups excluding carboxylic acids is 1. The lowest BCUT2D eigenvalue weighted by Gasteiger charge is -2.39. The van der Waals surface area contributed by atoms with Crippen LogP contribution in [0.1, 0.15) is 42.0 Å². The van der Waals surface area contributed by atoms with Crippen molar-refractivity contribution in [2.75, 3.05) is 43.1 Å². The molecule has 11 heteroatoms. The van der Waals surface area contributed by atoms with E-state index in [0.29, 0.717) is 71.1 Å². The first-order valence-corrected chi connectivity index (χ1v) is 15.8. The first-order valence-electron chi connectivity index (χ1n) is 14.6. The molecule has 2 aromatic carbocycles. The molecule has 228 valence electrons. The molecule has 2 aliphatic rings. The summed E-state index contributed by atoms with van der Waals surface area (Å²) in [4.78, 5) is 33.5. The van der Waals surface area contributed by atoms with Gasteiger partial charge in [0.25, 0.3) is 11.5 Å². The van der Waals surface area contributed by atoms with Gasteiger partial charge in [-0.15, -0.1) is 0 Å². The zero-order valence-corrected chi connectivity index (χ0v) is 26.6. The number of thioether (sulfide) groups is 1. The van der Waals surface area contributed by atoms with Gasteiger partial charge in [-0.3, -0.25) is 19.1 Å². The van der Waals surface area contributed by atoms with E-state index in [1.165, 1.54) is 17.8 Å². The van der Waals surface area contributed by atoms with Crippen LogP contribution in [-0.4, -0.2) is 53.0 Å². The van der Waals surface area contributed by atoms with Crippen molar-refractivity contribution in [3.05, 3.63) is 91.9 Å². The number of benzene rings is 2. The lowest BCUT2D eigenvalue weighted by Crippen LogP contribution is -2.49. The molecule has 8 nitrogen and oxygen atoms in total. The Morgan fingerprint density at radius 1 is 1.07 bits per heavy atom. The normalized spacial score (nSPS) is 16.2. The molecular weight excluding hydrogens is 598 g/mol. The Morgan fingerprint density at radius 2 is 1.75 bits per heavy atom. The van der Waals surface area contributed by atoms with Crippen LogP contribution in [0.15, 0.2) is 58.2 Å². The Kier molecular flexibility index (Phi) is 9.71. The van der Waals surface area contributed by atoms with Crippen LogP contribution in [0.3, 0.4) is 0 Å². The molecule has 1 amide bonds. The van der Waals surface area contributed by atoms with Crippen LogP contribution in [0.2, 0.25) is 0 Å². The first kappa shape index (κ1) is 31.3. The van der Waals surface area contributed by atoms with Crippen LogP contribution in [0.25, 0.3) is 6.08 Å². The van der Waals surface area contributed by atoms with E-state index in [4.69, 9.17) is 17.0 Å². The van der Waals surface area contributed by atoms with E-state index in [2.05, 4.69) is 11.0 Å². The molecule has 1 aromatic heterocycles. The lowest BCUT2D eigenvalue weighted by molar-refractivity contribution is -0.122. The monoisotopic (exact) mass is 631 g/mol. The molecule has 0 saturated carbocycles. The Hall–Kier alpha value is -4.14. The maximum absolute atomic E-state index is 14.6. The number of hydrogen-bond donors (Lipinski definition) is 0. The van der Waals surface area contributed by atoms with Gasteiger partial charge < -0.3 is 14.5 Å². The Morgan fingerprint density at radius 3 is 2.39 bits per heavy atom. The van der Waals surface area contributed by atoms with Crippen molar-refractivity contribution in [3.63, 3.8) is 0 Å². The molecule has 0 radical (unpaired) electrons. The van der Waals surface area contributed by atoms with Gasteiger partial charge in [0.05, 0.1) is 24.2 Å². The minimum atomic E-state index is -0.339. The van der Waals surface area contributed by atoms with E-state index in [9.17, 15) is 19.2 Å². The molecule has 5 rings (SSSR count). The summed E-state index contributed by atoms with van der Waals surface area (Å²) in [5, 5.41) is 10.0. The van der Waals surface area contributed by atoms with Gasteiger partial charge in [0.15, 0.2) is 0 Å². The number of anilines is 2. The molecule has 0 N–H and O–H groups in total. The maximum Gasteiger partial charge on any atom is 0.270 e. The number of amides is 1. The third-order valence-corrected chi connectivity index (χ3v) is 9.38. The second-order valence-corrected chi connectivity index (χ2v) is 12.4. The molecule has 0 unspecified atom stereocenters. The van der Waals surface area contributed by atoms with Gasteiger partial charge in [-0.05, 0) is 54.8 Å². The van der Waals surface area contributed by atoms with Crippen molar-refractivity contribution in [2.24, 2.45) is 0 Å². The van der Waals surface area contributed by atoms with Crippen LogP contribution in [-0.2, 0) is 17.9 Å². The highest BCUT2D eigenvalue weighted by Crippen LogP contribution is 2.37. The van der Waals surface area contributed by atoms with Crippen LogP contribution >= 0.6 is 24.0 Å². The average molecular weight is 632 g/mol. The van der Waals surface area contributed by atoms with Crippen LogP contribution in [0, 0.1) is 24.1 Å². The highest BCUT2D eigenvalue weighted by Gasteiger charge is 2.34. The predicted octanol–water partition coefficient (Wildman–Crippen LogP) is 5.70. The smallest absolute Gasteiger partial charge is 0.270 e. The molecule has 3 aromatic rings. The van der Waals surface area contributed by atoms with Gasteiger partial charge in [0.2, 0.25) is 0 Å². The summed E-state index contributed by atoms with van der Waals surface area (Å²) in [6.45, 7) is 6.72. The number of pyridine rings is 1. The van der Waals surface area contributed by atoms with Gasteiger partial charge in [-0.1, -0.05) is 61.6 Å². The molecule has 0 spiro atoms. The van der Waals surface area contributed by atoms with Gasteiger partial charge in [0.1, 0.15) is 33.3 Å². The number of nitriles is 1. The van der Waals surface area contributed by atoms with Crippen LogP contribution in [0.4, 0.5) is 15.9 Å². The van der Waals surface area contributed by atoms with Crippen molar-refractivity contribution in [1.29, 1.82) is 5.26 Å². The largest absolute Gasteiger partial charge is 0.497 e. The Bertz CT molecular complexity index is 1710. The zero-order chi connectivity index (χ0) is 31.4. The fraction of sp³-hybridized carbons (Fsp3) is 0.333. The minimum absolute atomic E-state index is 0.0646. The predicted molar refractivity (Wildman–Crippen MR) is 178 cm³/mol. The number of halogens is 1. The molecule has 3 heterocycles. The zero-order valence-electron chi connectivity index (χ0n) is 25.0. The summed E-state index contributed by atoms with van der Waals surface area (Å²) in [6, 6.07) is 16.3. The molecule has 0 atom stereocenters. The van der Waals surface area contributed by atoms with Crippen LogP contribution in [0.5, 0.6) is 5.75 Å². The number of nitrogens with zero attached hydrogens (tertiary/aromatic N) is 5. The standard InChI is InChI=1S/C33H34FN5O3S2/c1-4-5-14-38-30(37-17-15-36(16-18-37)28-9-7-6-8-27(28)34)25(22(2)26(20-35)31(38)40)19-29-32(41)39(33(43)44-29)21-23-10-12-24(42-3)13-11-23/h6-13,19H,4-5,14-18,21H2,1-3H3/b29-19+. The molecule has 44 heavy (non-hydrogen) atoms. The van der Waals surface area contributed by atoms with Gasteiger partial charge in [-0.2, -0.15) is 5.26 Å². The van der Waals surface area contributed by atoms with E-state index >= 15 is 0 Å². The molecular formula is C33H34FN5O3S2. The fourth-order valence-electron chi connectivity index (χ4n) is 5.56. The highest BCUT2D eigenvalue weighted by atomic mass is 32.2. The fourth-order valence-corrected chi connectivity index (χ4v) is 6.79. The molecule has 2 saturated heterocycles. The SMILES string of the molecule is CCCCn1c(N2CCN(c3ccccc3F)CC2)c(/C=C2/SC(=S)N(Cc3ccc(OC)cc3)C2=O)c(C)c(C#N)c1=O. The van der Waals surface area contributed by atoms with Crippen molar-refractivity contribution in [3.8, 4) is 11.8 Å². The second-order valence-electron chi connectivity index (χ2n) is 10.7. The van der Waals surface area contributed by atoms with E-state index in [1.807, 2.05) is 42.2 Å². The quantitative estimate of drug-likeness (QED) is 0.220. The summed E-state index contributed by atoms with van der Waals surface area (Å²) in [5.74, 6) is 0.902. The third-order valence-electron chi connectivity index (χ3n) is 8.00. The summed E-state index contributed by atoms with van der Waals surface area (Å²) in [6.07, 6.45) is 3.39. The van der Waals surface area contributed by atoms with Gasteiger partial charge in [0, 0.05) is 38.3 Å². The minimum Gasteiger partial charge on any atom is -0.497 e. The van der Waals surface area contributed by atoms with Crippen molar-refractivity contribution in [1.82, 2.24) is 9.47 Å². The number of hydrogen-bond acceptors (Lipinski definition) is 8. The lowest BCUT2D eigenvalue weighted by atomic mass is 10.0. The summed E-state index contributed by atoms with van der Waals surface area (Å²) < 4.78 is 21.9. The Balaban J connectivity index is 1.53. The summed E-state index contributed by atoms with van der Waals surface area (Å²) in [7, 11) is 1.60. The average Bonchev–Trinajstić information content (AvgIpc) is 3.30. The highest BCUT2D eigenvalue weighted by molar-refractivity contribution is 8.26. The van der Waals surface area contributed by atoms with E-state index in [1.54, 1.807) is 41.7 Å². The van der Waals surface area contributed by atoms with Gasteiger partial charge in [-0.25, -0.2) is 4.39 Å². The van der Waals surface area contributed by atoms with Crippen molar-refractivity contribution in [2.45, 2.75) is 39.8 Å². The number of carbonyl (C=O) groups is 1. The van der Waals surface area contributed by atoms with Crippen molar-refractivity contribution >= 4 is 51.8 Å².